The molecule has 0 unspecified atom stereocenters. The van der Waals surface area contributed by atoms with Gasteiger partial charge >= 0.3 is 0 Å². The Kier molecular flexibility index (Phi) is 6.18. The van der Waals surface area contributed by atoms with Gasteiger partial charge in [0.2, 0.25) is 0 Å². The largest absolute Gasteiger partial charge is 0.342 e. The molecular weight excluding hydrogens is 390 g/mol. The first-order valence-corrected chi connectivity index (χ1v) is 11.2. The lowest BCUT2D eigenvalue weighted by Crippen LogP contribution is -2.44. The minimum absolute atomic E-state index is 0.0298. The third kappa shape index (κ3) is 4.57. The van der Waals surface area contributed by atoms with Crippen LogP contribution in [0.5, 0.6) is 0 Å². The lowest BCUT2D eigenvalue weighted by Gasteiger charge is -2.36. The van der Waals surface area contributed by atoms with Gasteiger partial charge in [-0.2, -0.15) is 0 Å². The molecule has 2 aromatic carbocycles. The molecule has 0 saturated heterocycles. The van der Waals surface area contributed by atoms with Crippen molar-refractivity contribution in [2.24, 2.45) is 0 Å². The molecule has 4 nitrogen and oxygen atoms in total. The Morgan fingerprint density at radius 2 is 1.83 bits per heavy atom. The average Bonchev–Trinajstić information content (AvgIpc) is 2.74. The molecule has 0 atom stereocenters. The van der Waals surface area contributed by atoms with Gasteiger partial charge in [-0.3, -0.25) is 4.79 Å². The highest BCUT2D eigenvalue weighted by molar-refractivity contribution is 7.80. The zero-order chi connectivity index (χ0) is 21.1. The van der Waals surface area contributed by atoms with Crippen molar-refractivity contribution in [1.29, 1.82) is 0 Å². The van der Waals surface area contributed by atoms with Crippen LogP contribution in [0.25, 0.3) is 10.9 Å². The molecule has 1 aliphatic carbocycles. The second kappa shape index (κ2) is 9.00. The summed E-state index contributed by atoms with van der Waals surface area (Å²) in [5.74, 6) is 0. The SMILES string of the molecule is Cc1cc(C)c2[nH]c(=O)c(CN(C(=S)Nc3ccccc3)C3CCCCC3)cc2c1. The van der Waals surface area contributed by atoms with Crippen LogP contribution in [0.15, 0.2) is 53.3 Å². The summed E-state index contributed by atoms with van der Waals surface area (Å²) in [5.41, 5.74) is 4.92. The van der Waals surface area contributed by atoms with Crippen LogP contribution in [-0.4, -0.2) is 21.0 Å². The number of para-hydroxylation sites is 1. The first-order chi connectivity index (χ1) is 14.5. The number of rotatable bonds is 4. The summed E-state index contributed by atoms with van der Waals surface area (Å²) >= 11 is 5.82. The van der Waals surface area contributed by atoms with Crippen molar-refractivity contribution in [2.45, 2.75) is 58.5 Å². The Bertz CT molecular complexity index is 1100. The summed E-state index contributed by atoms with van der Waals surface area (Å²) in [4.78, 5) is 18.3. The fourth-order valence-electron chi connectivity index (χ4n) is 4.51. The van der Waals surface area contributed by atoms with E-state index in [1.165, 1.54) is 24.8 Å². The molecular formula is C25H29N3OS. The van der Waals surface area contributed by atoms with E-state index in [2.05, 4.69) is 34.3 Å². The number of anilines is 1. The maximum Gasteiger partial charge on any atom is 0.253 e. The van der Waals surface area contributed by atoms with E-state index in [0.29, 0.717) is 17.7 Å². The summed E-state index contributed by atoms with van der Waals surface area (Å²) in [6, 6.07) is 16.6. The number of hydrogen-bond acceptors (Lipinski definition) is 2. The van der Waals surface area contributed by atoms with Crippen LogP contribution in [-0.2, 0) is 6.54 Å². The number of hydrogen-bond donors (Lipinski definition) is 2. The van der Waals surface area contributed by atoms with Crippen molar-refractivity contribution in [3.05, 3.63) is 75.6 Å². The quantitative estimate of drug-likeness (QED) is 0.535. The van der Waals surface area contributed by atoms with Crippen molar-refractivity contribution in [3.63, 3.8) is 0 Å². The molecule has 2 N–H and O–H groups in total. The normalized spacial score (nSPS) is 14.6. The minimum atomic E-state index is -0.0298. The topological polar surface area (TPSA) is 48.1 Å². The van der Waals surface area contributed by atoms with E-state index in [0.717, 1.165) is 40.6 Å². The highest BCUT2D eigenvalue weighted by atomic mass is 32.1. The number of aromatic nitrogens is 1. The summed E-state index contributed by atoms with van der Waals surface area (Å²) in [6.45, 7) is 4.64. The monoisotopic (exact) mass is 419 g/mol. The van der Waals surface area contributed by atoms with Crippen LogP contribution in [0.1, 0.15) is 48.8 Å². The third-order valence-electron chi connectivity index (χ3n) is 6.01. The molecule has 1 saturated carbocycles. The minimum Gasteiger partial charge on any atom is -0.342 e. The molecule has 1 fully saturated rings. The number of aromatic amines is 1. The smallest absolute Gasteiger partial charge is 0.253 e. The molecule has 1 heterocycles. The Morgan fingerprint density at radius 3 is 2.57 bits per heavy atom. The molecule has 0 spiro atoms. The summed E-state index contributed by atoms with van der Waals surface area (Å²) in [7, 11) is 0. The number of pyridine rings is 1. The van der Waals surface area contributed by atoms with Crippen LogP contribution in [0.3, 0.4) is 0 Å². The molecule has 5 heteroatoms. The van der Waals surface area contributed by atoms with E-state index in [1.807, 2.05) is 43.3 Å². The molecule has 0 bridgehead atoms. The molecule has 1 aliphatic rings. The van der Waals surface area contributed by atoms with Gasteiger partial charge in [-0.1, -0.05) is 49.1 Å². The number of benzene rings is 2. The average molecular weight is 420 g/mol. The maximum atomic E-state index is 12.9. The van der Waals surface area contributed by atoms with Gasteiger partial charge in [0.05, 0.1) is 12.1 Å². The van der Waals surface area contributed by atoms with Gasteiger partial charge in [-0.25, -0.2) is 0 Å². The number of nitrogens with one attached hydrogen (secondary N) is 2. The molecule has 0 amide bonds. The van der Waals surface area contributed by atoms with Crippen molar-refractivity contribution in [3.8, 4) is 0 Å². The summed E-state index contributed by atoms with van der Waals surface area (Å²) in [5, 5.41) is 5.14. The first kappa shape index (κ1) is 20.6. The van der Waals surface area contributed by atoms with E-state index in [-0.39, 0.29) is 5.56 Å². The number of thiocarbonyl (C=S) groups is 1. The van der Waals surface area contributed by atoms with Gasteiger partial charge in [0, 0.05) is 17.3 Å². The molecule has 0 aliphatic heterocycles. The number of fused-ring (bicyclic) bond motifs is 1. The lowest BCUT2D eigenvalue weighted by molar-refractivity contribution is 0.240. The number of aryl methyl sites for hydroxylation is 2. The predicted molar refractivity (Wildman–Crippen MR) is 129 cm³/mol. The van der Waals surface area contributed by atoms with Crippen molar-refractivity contribution in [1.82, 2.24) is 9.88 Å². The fourth-order valence-corrected chi connectivity index (χ4v) is 4.84. The second-order valence-electron chi connectivity index (χ2n) is 8.39. The Morgan fingerprint density at radius 1 is 1.10 bits per heavy atom. The summed E-state index contributed by atoms with van der Waals surface area (Å²) in [6.07, 6.45) is 5.92. The zero-order valence-corrected chi connectivity index (χ0v) is 18.5. The van der Waals surface area contributed by atoms with Crippen LogP contribution in [0.4, 0.5) is 5.69 Å². The van der Waals surface area contributed by atoms with Crippen molar-refractivity contribution in [2.75, 3.05) is 5.32 Å². The molecule has 3 aromatic rings. The molecule has 156 valence electrons. The predicted octanol–water partition coefficient (Wildman–Crippen LogP) is 5.68. The van der Waals surface area contributed by atoms with Gasteiger partial charge in [0.15, 0.2) is 5.11 Å². The molecule has 30 heavy (non-hydrogen) atoms. The lowest BCUT2D eigenvalue weighted by atomic mass is 9.94. The summed E-state index contributed by atoms with van der Waals surface area (Å²) < 4.78 is 0. The highest BCUT2D eigenvalue weighted by Crippen LogP contribution is 2.26. The molecule has 4 rings (SSSR count). The van der Waals surface area contributed by atoms with E-state index in [1.54, 1.807) is 0 Å². The van der Waals surface area contributed by atoms with Crippen LogP contribution in [0, 0.1) is 13.8 Å². The van der Waals surface area contributed by atoms with Crippen molar-refractivity contribution >= 4 is 33.9 Å². The third-order valence-corrected chi connectivity index (χ3v) is 6.35. The van der Waals surface area contributed by atoms with E-state index < -0.39 is 0 Å². The first-order valence-electron chi connectivity index (χ1n) is 10.8. The Balaban J connectivity index is 1.66. The second-order valence-corrected chi connectivity index (χ2v) is 8.77. The standard InChI is InChI=1S/C25H29N3OS/c1-17-13-18(2)23-19(14-17)15-20(24(29)27-23)16-28(22-11-7-4-8-12-22)25(30)26-21-9-5-3-6-10-21/h3,5-6,9-10,13-15,22H,4,7-8,11-12,16H2,1-2H3,(H,26,30)(H,27,29). The van der Waals surface area contributed by atoms with Gasteiger partial charge in [-0.15, -0.1) is 0 Å². The molecule has 1 aromatic heterocycles. The van der Waals surface area contributed by atoms with Gasteiger partial charge in [0.1, 0.15) is 0 Å². The van der Waals surface area contributed by atoms with Crippen molar-refractivity contribution < 1.29 is 0 Å². The van der Waals surface area contributed by atoms with Crippen LogP contribution >= 0.6 is 12.2 Å². The van der Waals surface area contributed by atoms with E-state index in [4.69, 9.17) is 12.2 Å². The van der Waals surface area contributed by atoms with Gasteiger partial charge in [-0.05, 0) is 74.1 Å². The zero-order valence-electron chi connectivity index (χ0n) is 17.7. The van der Waals surface area contributed by atoms with Gasteiger partial charge < -0.3 is 15.2 Å². The Hall–Kier alpha value is -2.66. The van der Waals surface area contributed by atoms with Gasteiger partial charge in [0.25, 0.3) is 5.56 Å². The van der Waals surface area contributed by atoms with E-state index in [9.17, 15) is 4.79 Å². The molecule has 0 radical (unpaired) electrons. The fraction of sp³-hybridized carbons (Fsp3) is 0.360. The van der Waals surface area contributed by atoms with E-state index >= 15 is 0 Å². The number of nitrogens with zero attached hydrogens (tertiary/aromatic N) is 1. The van der Waals surface area contributed by atoms with Crippen LogP contribution in [0.2, 0.25) is 0 Å². The highest BCUT2D eigenvalue weighted by Gasteiger charge is 2.24. The maximum absolute atomic E-state index is 12.9. The number of H-pyrrole nitrogens is 1. The Labute approximate surface area is 183 Å². The van der Waals surface area contributed by atoms with Crippen LogP contribution < -0.4 is 10.9 Å².